The number of carbonyl (C=O) groups is 1. The van der Waals surface area contributed by atoms with Gasteiger partial charge in [0.2, 0.25) is 0 Å². The molecule has 30 heavy (non-hydrogen) atoms. The molecule has 5 nitrogen and oxygen atoms in total. The summed E-state index contributed by atoms with van der Waals surface area (Å²) in [7, 11) is 0. The van der Waals surface area contributed by atoms with Gasteiger partial charge in [-0.3, -0.25) is 4.79 Å². The maximum absolute atomic E-state index is 13.7. The number of halogens is 2. The second-order valence-electron chi connectivity index (χ2n) is 10.4. The third-order valence-corrected chi connectivity index (χ3v) is 8.94. The van der Waals surface area contributed by atoms with Crippen molar-refractivity contribution < 1.29 is 18.3 Å². The quantitative estimate of drug-likeness (QED) is 0.209. The molecule has 3 fully saturated rings. The van der Waals surface area contributed by atoms with E-state index in [-0.39, 0.29) is 35.1 Å². The molecule has 0 spiro atoms. The molecule has 7 heteroatoms. The average Bonchev–Trinajstić information content (AvgIpc) is 3.04. The van der Waals surface area contributed by atoms with Crippen LogP contribution in [0, 0.1) is 40.4 Å². The summed E-state index contributed by atoms with van der Waals surface area (Å²) >= 11 is 0. The third-order valence-electron chi connectivity index (χ3n) is 8.94. The number of hydrogen-bond acceptors (Lipinski definition) is 3. The number of allylic oxidation sites excluding steroid dienone is 1. The van der Waals surface area contributed by atoms with E-state index in [2.05, 4.69) is 23.9 Å². The number of hydrogen-bond donors (Lipinski definition) is 0. The number of azide groups is 1. The van der Waals surface area contributed by atoms with E-state index >= 15 is 0 Å². The lowest BCUT2D eigenvalue weighted by Gasteiger charge is -2.56. The van der Waals surface area contributed by atoms with Crippen LogP contribution >= 0.6 is 0 Å². The Kier molecular flexibility index (Phi) is 6.81. The van der Waals surface area contributed by atoms with Crippen molar-refractivity contribution in [3.8, 4) is 0 Å². The first kappa shape index (κ1) is 23.1. The smallest absolute Gasteiger partial charge is 0.302 e. The van der Waals surface area contributed by atoms with Crippen LogP contribution in [0.3, 0.4) is 0 Å². The van der Waals surface area contributed by atoms with Gasteiger partial charge in [0, 0.05) is 24.0 Å². The van der Waals surface area contributed by atoms with Crippen LogP contribution in [0.15, 0.2) is 16.8 Å². The van der Waals surface area contributed by atoms with E-state index in [1.807, 2.05) is 6.92 Å². The SMILES string of the molecule is CC(=O)OC[C@H]1C[C@@H](C)CC[C@]1(C)C1CC[C@]2(C)C(=C(F)F)CCC2[C@@H]1CN=[N+]=[N-]. The van der Waals surface area contributed by atoms with Crippen LogP contribution in [0.5, 0.6) is 0 Å². The monoisotopic (exact) mass is 423 g/mol. The summed E-state index contributed by atoms with van der Waals surface area (Å²) in [6.45, 7) is 8.73. The molecule has 168 valence electrons. The largest absolute Gasteiger partial charge is 0.466 e. The third kappa shape index (κ3) is 4.10. The number of nitrogens with zero attached hydrogens (tertiary/aromatic N) is 3. The van der Waals surface area contributed by atoms with Gasteiger partial charge in [0.25, 0.3) is 6.08 Å². The van der Waals surface area contributed by atoms with E-state index in [0.717, 1.165) is 38.5 Å². The first-order chi connectivity index (χ1) is 14.1. The van der Waals surface area contributed by atoms with Crippen molar-refractivity contribution in [3.63, 3.8) is 0 Å². The van der Waals surface area contributed by atoms with Crippen molar-refractivity contribution in [2.24, 2.45) is 45.5 Å². The van der Waals surface area contributed by atoms with E-state index in [1.165, 1.54) is 6.92 Å². The van der Waals surface area contributed by atoms with Crippen LogP contribution in [-0.2, 0) is 9.53 Å². The van der Waals surface area contributed by atoms with Crippen molar-refractivity contribution in [1.82, 2.24) is 0 Å². The highest BCUT2D eigenvalue weighted by molar-refractivity contribution is 5.65. The Morgan fingerprint density at radius 2 is 1.97 bits per heavy atom. The summed E-state index contributed by atoms with van der Waals surface area (Å²) in [4.78, 5) is 14.5. The molecule has 3 aliphatic rings. The minimum absolute atomic E-state index is 0.0559. The summed E-state index contributed by atoms with van der Waals surface area (Å²) in [5.74, 6) is 1.00. The fourth-order valence-electron chi connectivity index (χ4n) is 7.21. The number of rotatable bonds is 5. The van der Waals surface area contributed by atoms with Gasteiger partial charge in [-0.05, 0) is 84.5 Å². The molecule has 2 unspecified atom stereocenters. The second kappa shape index (κ2) is 8.86. The van der Waals surface area contributed by atoms with Gasteiger partial charge in [0.15, 0.2) is 0 Å². The molecule has 0 bridgehead atoms. The lowest BCUT2D eigenvalue weighted by Crippen LogP contribution is -2.51. The molecule has 0 heterocycles. The average molecular weight is 424 g/mol. The van der Waals surface area contributed by atoms with Crippen molar-refractivity contribution in [2.75, 3.05) is 13.2 Å². The molecule has 0 amide bonds. The molecule has 0 saturated heterocycles. The van der Waals surface area contributed by atoms with Gasteiger partial charge in [-0.2, -0.15) is 8.78 Å². The normalized spacial score (nSPS) is 41.0. The maximum Gasteiger partial charge on any atom is 0.302 e. The Balaban J connectivity index is 1.95. The fourth-order valence-corrected chi connectivity index (χ4v) is 7.21. The standard InChI is InChI=1S/C23H35F2N3O2/c1-14-7-9-22(3,16(11-14)13-30-15(2)29)19-8-10-23(4)18(17(19)12-27-28-26)5-6-20(23)21(24)25/h14,16-19H,5-13H2,1-4H3/t14-,16+,17-,18?,19?,22-,23-/m0/s1. The zero-order valence-electron chi connectivity index (χ0n) is 18.7. The van der Waals surface area contributed by atoms with Crippen molar-refractivity contribution in [1.29, 1.82) is 0 Å². The number of ether oxygens (including phenoxy) is 1. The predicted octanol–water partition coefficient (Wildman–Crippen LogP) is 6.90. The van der Waals surface area contributed by atoms with Gasteiger partial charge >= 0.3 is 5.97 Å². The van der Waals surface area contributed by atoms with Crippen LogP contribution in [-0.4, -0.2) is 19.1 Å². The Morgan fingerprint density at radius 1 is 1.23 bits per heavy atom. The number of fused-ring (bicyclic) bond motifs is 1. The molecule has 7 atom stereocenters. The number of esters is 1. The van der Waals surface area contributed by atoms with Crippen LogP contribution in [0.2, 0.25) is 0 Å². The Bertz CT molecular complexity index is 747. The van der Waals surface area contributed by atoms with E-state index in [0.29, 0.717) is 31.1 Å². The molecule has 0 aliphatic heterocycles. The Morgan fingerprint density at radius 3 is 2.60 bits per heavy atom. The summed E-state index contributed by atoms with van der Waals surface area (Å²) in [6, 6.07) is 0. The van der Waals surface area contributed by atoms with Gasteiger partial charge in [-0.15, -0.1) is 0 Å². The lowest BCUT2D eigenvalue weighted by molar-refractivity contribution is -0.148. The summed E-state index contributed by atoms with van der Waals surface area (Å²) < 4.78 is 32.8. The Hall–Kier alpha value is -1.62. The van der Waals surface area contributed by atoms with Gasteiger partial charge in [-0.25, -0.2) is 0 Å². The molecule has 3 saturated carbocycles. The maximum atomic E-state index is 13.7. The zero-order chi connectivity index (χ0) is 22.1. The molecule has 3 rings (SSSR count). The van der Waals surface area contributed by atoms with Gasteiger partial charge in [0.05, 0.1) is 6.61 Å². The molecule has 0 aromatic rings. The van der Waals surface area contributed by atoms with Crippen molar-refractivity contribution in [2.45, 2.75) is 72.6 Å². The molecular formula is C23H35F2N3O2. The van der Waals surface area contributed by atoms with Crippen LogP contribution in [0.1, 0.15) is 72.6 Å². The van der Waals surface area contributed by atoms with Gasteiger partial charge < -0.3 is 4.74 Å². The molecule has 3 aliphatic carbocycles. The van der Waals surface area contributed by atoms with Crippen molar-refractivity contribution in [3.05, 3.63) is 22.1 Å². The molecule has 0 N–H and O–H groups in total. The van der Waals surface area contributed by atoms with Gasteiger partial charge in [-0.1, -0.05) is 32.3 Å². The van der Waals surface area contributed by atoms with Crippen LogP contribution < -0.4 is 0 Å². The lowest BCUT2D eigenvalue weighted by atomic mass is 9.49. The minimum Gasteiger partial charge on any atom is -0.466 e. The predicted molar refractivity (Wildman–Crippen MR) is 112 cm³/mol. The topological polar surface area (TPSA) is 75.1 Å². The molecule has 0 radical (unpaired) electrons. The van der Waals surface area contributed by atoms with Crippen LogP contribution in [0.4, 0.5) is 8.78 Å². The minimum atomic E-state index is -1.52. The van der Waals surface area contributed by atoms with E-state index in [4.69, 9.17) is 10.3 Å². The highest BCUT2D eigenvalue weighted by Crippen LogP contribution is 2.64. The molecule has 0 aromatic carbocycles. The highest BCUT2D eigenvalue weighted by Gasteiger charge is 2.57. The first-order valence-electron chi connectivity index (χ1n) is 11.3. The zero-order valence-corrected chi connectivity index (χ0v) is 18.7. The fraction of sp³-hybridized carbons (Fsp3) is 0.870. The summed E-state index contributed by atoms with van der Waals surface area (Å²) in [6.07, 6.45) is 4.38. The molecule has 0 aromatic heterocycles. The second-order valence-corrected chi connectivity index (χ2v) is 10.4. The summed E-state index contributed by atoms with van der Waals surface area (Å²) in [5.41, 5.74) is 8.76. The van der Waals surface area contributed by atoms with Gasteiger partial charge in [0.1, 0.15) is 0 Å². The highest BCUT2D eigenvalue weighted by atomic mass is 19.3. The first-order valence-corrected chi connectivity index (χ1v) is 11.3. The van der Waals surface area contributed by atoms with Crippen molar-refractivity contribution >= 4 is 5.97 Å². The number of carbonyl (C=O) groups excluding carboxylic acids is 1. The molecular weight excluding hydrogens is 388 g/mol. The Labute approximate surface area is 178 Å². The van der Waals surface area contributed by atoms with E-state index in [9.17, 15) is 13.6 Å². The van der Waals surface area contributed by atoms with E-state index in [1.54, 1.807) is 0 Å². The van der Waals surface area contributed by atoms with E-state index < -0.39 is 11.5 Å². The summed E-state index contributed by atoms with van der Waals surface area (Å²) in [5, 5.41) is 3.94. The van der Waals surface area contributed by atoms with Crippen LogP contribution in [0.25, 0.3) is 10.4 Å².